The lowest BCUT2D eigenvalue weighted by Crippen LogP contribution is -2.11. The van der Waals surface area contributed by atoms with Gasteiger partial charge in [-0.25, -0.2) is 17.6 Å². The Morgan fingerprint density at radius 3 is 1.89 bits per heavy atom. The lowest BCUT2D eigenvalue weighted by molar-refractivity contribution is 0.0149. The van der Waals surface area contributed by atoms with Gasteiger partial charge >= 0.3 is 0 Å². The van der Waals surface area contributed by atoms with Gasteiger partial charge in [0, 0.05) is 6.61 Å². The summed E-state index contributed by atoms with van der Waals surface area (Å²) in [7, 11) is 0. The standard InChI is InChI=1S/C23H18F4O/c24-18-9-8-16(11-19(18)25)23-20(26)12-17(13-21(23)27)14-4-6-15(7-5-14)22-3-1-2-10-28-22/h4-9,11-13,22H,1-3,10H2. The summed E-state index contributed by atoms with van der Waals surface area (Å²) < 4.78 is 61.5. The van der Waals surface area contributed by atoms with Gasteiger partial charge in [0.15, 0.2) is 11.6 Å². The van der Waals surface area contributed by atoms with Crippen LogP contribution in [0, 0.1) is 23.3 Å². The second kappa shape index (κ2) is 7.76. The molecule has 3 aromatic carbocycles. The minimum Gasteiger partial charge on any atom is -0.374 e. The third-order valence-electron chi connectivity index (χ3n) is 5.05. The van der Waals surface area contributed by atoms with E-state index in [9.17, 15) is 17.6 Å². The minimum absolute atomic E-state index is 0.0507. The molecule has 5 heteroatoms. The second-order valence-corrected chi connectivity index (χ2v) is 6.92. The largest absolute Gasteiger partial charge is 0.374 e. The first-order chi connectivity index (χ1) is 13.5. The zero-order valence-electron chi connectivity index (χ0n) is 15.0. The predicted molar refractivity (Wildman–Crippen MR) is 99.7 cm³/mol. The molecule has 1 aliphatic rings. The van der Waals surface area contributed by atoms with E-state index in [1.165, 1.54) is 12.1 Å². The number of hydrogen-bond donors (Lipinski definition) is 0. The highest BCUT2D eigenvalue weighted by Crippen LogP contribution is 2.33. The third kappa shape index (κ3) is 3.67. The first kappa shape index (κ1) is 18.7. The Bertz CT molecular complexity index is 969. The van der Waals surface area contributed by atoms with E-state index >= 15 is 0 Å². The van der Waals surface area contributed by atoms with E-state index in [0.717, 1.165) is 49.6 Å². The Hall–Kier alpha value is -2.66. The Balaban J connectivity index is 1.65. The summed E-state index contributed by atoms with van der Waals surface area (Å²) in [6.45, 7) is 0.744. The van der Waals surface area contributed by atoms with E-state index in [1.54, 1.807) is 12.1 Å². The van der Waals surface area contributed by atoms with Crippen LogP contribution in [0.5, 0.6) is 0 Å². The van der Waals surface area contributed by atoms with Crippen LogP contribution in [0.15, 0.2) is 54.6 Å². The molecule has 1 nitrogen and oxygen atoms in total. The van der Waals surface area contributed by atoms with Crippen LogP contribution in [-0.2, 0) is 4.74 Å². The van der Waals surface area contributed by atoms with Crippen LogP contribution in [0.2, 0.25) is 0 Å². The lowest BCUT2D eigenvalue weighted by atomic mass is 9.96. The summed E-state index contributed by atoms with van der Waals surface area (Å²) in [6.07, 6.45) is 3.21. The fourth-order valence-corrected chi connectivity index (χ4v) is 3.56. The van der Waals surface area contributed by atoms with Gasteiger partial charge < -0.3 is 4.74 Å². The Morgan fingerprint density at radius 1 is 0.643 bits per heavy atom. The van der Waals surface area contributed by atoms with E-state index < -0.39 is 23.3 Å². The maximum Gasteiger partial charge on any atom is 0.159 e. The zero-order chi connectivity index (χ0) is 19.7. The van der Waals surface area contributed by atoms with Crippen molar-refractivity contribution >= 4 is 0 Å². The van der Waals surface area contributed by atoms with E-state index in [0.29, 0.717) is 11.1 Å². The number of hydrogen-bond acceptors (Lipinski definition) is 1. The van der Waals surface area contributed by atoms with Gasteiger partial charge in [0.25, 0.3) is 0 Å². The molecule has 0 aliphatic carbocycles. The van der Waals surface area contributed by atoms with Crippen LogP contribution < -0.4 is 0 Å². The molecule has 0 saturated carbocycles. The van der Waals surface area contributed by atoms with Crippen LogP contribution in [0.25, 0.3) is 22.3 Å². The average Bonchev–Trinajstić information content (AvgIpc) is 2.71. The number of halogens is 4. The summed E-state index contributed by atoms with van der Waals surface area (Å²) in [4.78, 5) is 0. The predicted octanol–water partition coefficient (Wildman–Crippen LogP) is 6.82. The average molecular weight is 386 g/mol. The van der Waals surface area contributed by atoms with Gasteiger partial charge in [0.05, 0.1) is 11.7 Å². The summed E-state index contributed by atoms with van der Waals surface area (Å²) in [5, 5.41) is 0. The molecule has 1 saturated heterocycles. The van der Waals surface area contributed by atoms with Crippen molar-refractivity contribution in [3.63, 3.8) is 0 Å². The van der Waals surface area contributed by atoms with Gasteiger partial charge in [-0.3, -0.25) is 0 Å². The van der Waals surface area contributed by atoms with Gasteiger partial charge in [-0.15, -0.1) is 0 Å². The normalized spacial score (nSPS) is 16.9. The fourth-order valence-electron chi connectivity index (χ4n) is 3.56. The van der Waals surface area contributed by atoms with Crippen LogP contribution in [0.1, 0.15) is 30.9 Å². The highest BCUT2D eigenvalue weighted by molar-refractivity contribution is 5.72. The van der Waals surface area contributed by atoms with Gasteiger partial charge in [0.1, 0.15) is 11.6 Å². The van der Waals surface area contributed by atoms with E-state index in [-0.39, 0.29) is 17.2 Å². The lowest BCUT2D eigenvalue weighted by Gasteiger charge is -2.23. The molecule has 0 radical (unpaired) electrons. The number of ether oxygens (including phenoxy) is 1. The fraction of sp³-hybridized carbons (Fsp3) is 0.217. The molecule has 1 fully saturated rings. The Kier molecular flexibility index (Phi) is 5.18. The molecule has 144 valence electrons. The van der Waals surface area contributed by atoms with Crippen molar-refractivity contribution in [2.45, 2.75) is 25.4 Å². The summed E-state index contributed by atoms with van der Waals surface area (Å²) >= 11 is 0. The van der Waals surface area contributed by atoms with Gasteiger partial charge in [0.2, 0.25) is 0 Å². The molecule has 0 spiro atoms. The maximum atomic E-state index is 14.6. The van der Waals surface area contributed by atoms with Crippen molar-refractivity contribution in [2.75, 3.05) is 6.61 Å². The molecule has 1 aliphatic heterocycles. The number of rotatable bonds is 3. The monoisotopic (exact) mass is 386 g/mol. The molecular weight excluding hydrogens is 368 g/mol. The molecule has 4 rings (SSSR count). The van der Waals surface area contributed by atoms with Crippen molar-refractivity contribution in [1.82, 2.24) is 0 Å². The molecule has 0 aromatic heterocycles. The van der Waals surface area contributed by atoms with E-state index in [4.69, 9.17) is 4.74 Å². The van der Waals surface area contributed by atoms with Crippen molar-refractivity contribution in [3.05, 3.63) is 83.4 Å². The van der Waals surface area contributed by atoms with Crippen LogP contribution >= 0.6 is 0 Å². The quantitative estimate of drug-likeness (QED) is 0.449. The minimum atomic E-state index is -1.15. The first-order valence-corrected chi connectivity index (χ1v) is 9.19. The molecule has 1 heterocycles. The molecule has 0 bridgehead atoms. The Labute approximate surface area is 160 Å². The zero-order valence-corrected chi connectivity index (χ0v) is 15.0. The topological polar surface area (TPSA) is 9.23 Å². The molecule has 1 unspecified atom stereocenters. The van der Waals surface area contributed by atoms with Gasteiger partial charge in [-0.05, 0) is 65.8 Å². The van der Waals surface area contributed by atoms with Crippen molar-refractivity contribution in [2.24, 2.45) is 0 Å². The third-order valence-corrected chi connectivity index (χ3v) is 5.05. The molecule has 3 aromatic rings. The Morgan fingerprint density at radius 2 is 1.29 bits per heavy atom. The SMILES string of the molecule is Fc1ccc(-c2c(F)cc(-c3ccc(C4CCCCO4)cc3)cc2F)cc1F. The van der Waals surface area contributed by atoms with Crippen molar-refractivity contribution < 1.29 is 22.3 Å². The summed E-state index contributed by atoms with van der Waals surface area (Å²) in [6, 6.07) is 12.6. The molecule has 0 N–H and O–H groups in total. The molecule has 28 heavy (non-hydrogen) atoms. The highest BCUT2D eigenvalue weighted by atomic mass is 19.2. The van der Waals surface area contributed by atoms with E-state index in [2.05, 4.69) is 0 Å². The smallest absolute Gasteiger partial charge is 0.159 e. The van der Waals surface area contributed by atoms with Crippen molar-refractivity contribution in [1.29, 1.82) is 0 Å². The van der Waals surface area contributed by atoms with Crippen LogP contribution in [0.4, 0.5) is 17.6 Å². The highest BCUT2D eigenvalue weighted by Gasteiger charge is 2.18. The summed E-state index contributed by atoms with van der Waals surface area (Å²) in [5.41, 5.74) is 1.65. The molecular formula is C23H18F4O. The summed E-state index contributed by atoms with van der Waals surface area (Å²) in [5.74, 6) is -3.88. The van der Waals surface area contributed by atoms with Crippen LogP contribution in [0.3, 0.4) is 0 Å². The number of benzene rings is 3. The first-order valence-electron chi connectivity index (χ1n) is 9.19. The van der Waals surface area contributed by atoms with Gasteiger partial charge in [-0.1, -0.05) is 30.3 Å². The van der Waals surface area contributed by atoms with Crippen LogP contribution in [-0.4, -0.2) is 6.61 Å². The maximum absolute atomic E-state index is 14.6. The molecule has 1 atom stereocenters. The second-order valence-electron chi connectivity index (χ2n) is 6.92. The molecule has 0 amide bonds. The van der Waals surface area contributed by atoms with E-state index in [1.807, 2.05) is 12.1 Å². The van der Waals surface area contributed by atoms with Gasteiger partial charge in [-0.2, -0.15) is 0 Å². The van der Waals surface area contributed by atoms with Crippen molar-refractivity contribution in [3.8, 4) is 22.3 Å².